The number of hydrogen-bond acceptors (Lipinski definition) is 3. The molecule has 0 aliphatic carbocycles. The number of anilines is 1. The molecule has 1 aliphatic rings. The lowest BCUT2D eigenvalue weighted by molar-refractivity contribution is -0.141. The maximum Gasteiger partial charge on any atom is 0.307 e. The lowest BCUT2D eigenvalue weighted by atomic mass is 10.0. The number of amides is 1. The lowest BCUT2D eigenvalue weighted by Crippen LogP contribution is -2.36. The van der Waals surface area contributed by atoms with Crippen LogP contribution >= 0.6 is 0 Å². The molecule has 130 valence electrons. The van der Waals surface area contributed by atoms with Crippen molar-refractivity contribution in [3.05, 3.63) is 65.7 Å². The molecule has 25 heavy (non-hydrogen) atoms. The maximum absolute atomic E-state index is 13.0. The smallest absolute Gasteiger partial charge is 0.307 e. The Morgan fingerprint density at radius 1 is 1.12 bits per heavy atom. The molecule has 2 aromatic rings. The minimum absolute atomic E-state index is 0.138. The summed E-state index contributed by atoms with van der Waals surface area (Å²) in [6.07, 6.45) is 0.566. The summed E-state index contributed by atoms with van der Waals surface area (Å²) in [7, 11) is 0. The van der Waals surface area contributed by atoms with Gasteiger partial charge in [-0.3, -0.25) is 14.5 Å². The fourth-order valence-corrected chi connectivity index (χ4v) is 3.23. The topological polar surface area (TPSA) is 69.6 Å². The third kappa shape index (κ3) is 4.06. The van der Waals surface area contributed by atoms with Crippen molar-refractivity contribution in [1.82, 2.24) is 4.90 Å². The monoisotopic (exact) mass is 338 g/mol. The third-order valence-electron chi connectivity index (χ3n) is 4.62. The first kappa shape index (κ1) is 17.2. The van der Waals surface area contributed by atoms with Crippen molar-refractivity contribution < 1.29 is 14.7 Å². The Labute approximate surface area is 147 Å². The standard InChI is InChI=1S/C20H22N2O3/c1-14-7-9-17(10-8-14)21-19(23)18(15-5-3-2-4-6-15)22-12-11-16(13-22)20(24)25/h2-10,16,18H,11-13H2,1H3,(H,21,23)(H,24,25). The van der Waals surface area contributed by atoms with Crippen LogP contribution in [0.5, 0.6) is 0 Å². The van der Waals surface area contributed by atoms with Gasteiger partial charge in [0.15, 0.2) is 0 Å². The molecule has 5 nitrogen and oxygen atoms in total. The van der Waals surface area contributed by atoms with E-state index in [0.717, 1.165) is 16.8 Å². The van der Waals surface area contributed by atoms with Crippen LogP contribution < -0.4 is 5.32 Å². The van der Waals surface area contributed by atoms with Crippen LogP contribution in [0.2, 0.25) is 0 Å². The molecule has 0 aromatic heterocycles. The van der Waals surface area contributed by atoms with E-state index in [1.807, 2.05) is 66.4 Å². The second-order valence-electron chi connectivity index (χ2n) is 6.49. The fraction of sp³-hybridized carbons (Fsp3) is 0.300. The summed E-state index contributed by atoms with van der Waals surface area (Å²) < 4.78 is 0. The van der Waals surface area contributed by atoms with Gasteiger partial charge in [0.05, 0.1) is 5.92 Å². The third-order valence-corrected chi connectivity index (χ3v) is 4.62. The molecule has 0 bridgehead atoms. The summed E-state index contributed by atoms with van der Waals surface area (Å²) in [6.45, 7) is 2.97. The number of likely N-dealkylation sites (tertiary alicyclic amines) is 1. The molecule has 1 saturated heterocycles. The SMILES string of the molecule is Cc1ccc(NC(=O)C(c2ccccc2)N2CCC(C(=O)O)C2)cc1. The van der Waals surface area contributed by atoms with Crippen molar-refractivity contribution in [1.29, 1.82) is 0 Å². The first-order chi connectivity index (χ1) is 12.0. The van der Waals surface area contributed by atoms with Gasteiger partial charge in [0, 0.05) is 18.8 Å². The zero-order chi connectivity index (χ0) is 17.8. The van der Waals surface area contributed by atoms with Crippen LogP contribution in [-0.2, 0) is 9.59 Å². The zero-order valence-electron chi connectivity index (χ0n) is 14.2. The fourth-order valence-electron chi connectivity index (χ4n) is 3.23. The number of aliphatic carboxylic acids is 1. The van der Waals surface area contributed by atoms with Crippen LogP contribution in [0.3, 0.4) is 0 Å². The molecule has 1 fully saturated rings. The van der Waals surface area contributed by atoms with Gasteiger partial charge in [-0.1, -0.05) is 48.0 Å². The van der Waals surface area contributed by atoms with E-state index >= 15 is 0 Å². The van der Waals surface area contributed by atoms with Gasteiger partial charge < -0.3 is 10.4 Å². The molecule has 3 rings (SSSR count). The highest BCUT2D eigenvalue weighted by Gasteiger charge is 2.36. The van der Waals surface area contributed by atoms with Gasteiger partial charge in [-0.05, 0) is 31.0 Å². The summed E-state index contributed by atoms with van der Waals surface area (Å²) in [5.74, 6) is -1.35. The van der Waals surface area contributed by atoms with Crippen molar-refractivity contribution in [3.8, 4) is 0 Å². The average Bonchev–Trinajstić information content (AvgIpc) is 3.08. The molecular weight excluding hydrogens is 316 g/mol. The minimum atomic E-state index is -0.798. The molecule has 1 heterocycles. The van der Waals surface area contributed by atoms with Gasteiger partial charge in [-0.25, -0.2) is 0 Å². The number of carbonyl (C=O) groups is 2. The van der Waals surface area contributed by atoms with E-state index in [1.165, 1.54) is 0 Å². The number of carboxylic acids is 1. The molecule has 0 radical (unpaired) electrons. The molecule has 0 saturated carbocycles. The molecule has 2 atom stereocenters. The normalized spacial score (nSPS) is 18.7. The van der Waals surface area contributed by atoms with Crippen molar-refractivity contribution >= 4 is 17.6 Å². The number of benzene rings is 2. The van der Waals surface area contributed by atoms with E-state index in [4.69, 9.17) is 0 Å². The van der Waals surface area contributed by atoms with Crippen LogP contribution in [0.15, 0.2) is 54.6 Å². The van der Waals surface area contributed by atoms with E-state index in [1.54, 1.807) is 0 Å². The molecular formula is C20H22N2O3. The van der Waals surface area contributed by atoms with Crippen molar-refractivity contribution in [3.63, 3.8) is 0 Å². The highest BCUT2D eigenvalue weighted by atomic mass is 16.4. The highest BCUT2D eigenvalue weighted by Crippen LogP contribution is 2.29. The largest absolute Gasteiger partial charge is 0.481 e. The number of nitrogens with one attached hydrogen (secondary N) is 1. The summed E-state index contributed by atoms with van der Waals surface area (Å²) in [5, 5.41) is 12.2. The number of carbonyl (C=O) groups excluding carboxylic acids is 1. The lowest BCUT2D eigenvalue weighted by Gasteiger charge is -2.27. The number of carboxylic acid groups (broad SMARTS) is 1. The van der Waals surface area contributed by atoms with Crippen molar-refractivity contribution in [2.45, 2.75) is 19.4 Å². The summed E-state index contributed by atoms with van der Waals surface area (Å²) in [4.78, 5) is 26.2. The molecule has 2 aromatic carbocycles. The van der Waals surface area contributed by atoms with Crippen molar-refractivity contribution in [2.24, 2.45) is 5.92 Å². The van der Waals surface area contributed by atoms with Crippen LogP contribution in [0.25, 0.3) is 0 Å². The second kappa shape index (κ2) is 7.49. The molecule has 5 heteroatoms. The molecule has 2 N–H and O–H groups in total. The van der Waals surface area contributed by atoms with Crippen LogP contribution in [-0.4, -0.2) is 35.0 Å². The summed E-state index contributed by atoms with van der Waals surface area (Å²) in [5.41, 5.74) is 2.74. The first-order valence-corrected chi connectivity index (χ1v) is 8.44. The molecule has 0 spiro atoms. The van der Waals surface area contributed by atoms with Gasteiger partial charge in [0.1, 0.15) is 6.04 Å². The van der Waals surface area contributed by atoms with E-state index in [0.29, 0.717) is 19.5 Å². The molecule has 2 unspecified atom stereocenters. The van der Waals surface area contributed by atoms with Crippen molar-refractivity contribution in [2.75, 3.05) is 18.4 Å². The number of nitrogens with zero attached hydrogens (tertiary/aromatic N) is 1. The Morgan fingerprint density at radius 2 is 1.80 bits per heavy atom. The molecule has 1 aliphatic heterocycles. The second-order valence-corrected chi connectivity index (χ2v) is 6.49. The Morgan fingerprint density at radius 3 is 2.40 bits per heavy atom. The Hall–Kier alpha value is -2.66. The summed E-state index contributed by atoms with van der Waals surface area (Å²) >= 11 is 0. The van der Waals surface area contributed by atoms with E-state index in [9.17, 15) is 14.7 Å². The van der Waals surface area contributed by atoms with E-state index in [-0.39, 0.29) is 5.91 Å². The minimum Gasteiger partial charge on any atom is -0.481 e. The van der Waals surface area contributed by atoms with E-state index in [2.05, 4.69) is 5.32 Å². The van der Waals surface area contributed by atoms with Crippen LogP contribution in [0, 0.1) is 12.8 Å². The zero-order valence-corrected chi connectivity index (χ0v) is 14.2. The van der Waals surface area contributed by atoms with Gasteiger partial charge >= 0.3 is 5.97 Å². The van der Waals surface area contributed by atoms with Gasteiger partial charge in [0.2, 0.25) is 5.91 Å². The van der Waals surface area contributed by atoms with Gasteiger partial charge in [0.25, 0.3) is 0 Å². The Kier molecular flexibility index (Phi) is 5.14. The first-order valence-electron chi connectivity index (χ1n) is 8.44. The van der Waals surface area contributed by atoms with Gasteiger partial charge in [-0.2, -0.15) is 0 Å². The molecule has 1 amide bonds. The maximum atomic E-state index is 13.0. The number of hydrogen-bond donors (Lipinski definition) is 2. The van der Waals surface area contributed by atoms with Crippen LogP contribution in [0.4, 0.5) is 5.69 Å². The van der Waals surface area contributed by atoms with Gasteiger partial charge in [-0.15, -0.1) is 0 Å². The average molecular weight is 338 g/mol. The number of aryl methyl sites for hydroxylation is 1. The number of rotatable bonds is 5. The quantitative estimate of drug-likeness (QED) is 0.879. The van der Waals surface area contributed by atoms with Crippen LogP contribution in [0.1, 0.15) is 23.6 Å². The highest BCUT2D eigenvalue weighted by molar-refractivity contribution is 5.95. The Balaban J connectivity index is 1.82. The van der Waals surface area contributed by atoms with E-state index < -0.39 is 17.9 Å². The predicted molar refractivity (Wildman–Crippen MR) is 96.3 cm³/mol. The summed E-state index contributed by atoms with van der Waals surface area (Å²) in [6, 6.07) is 16.7. The Bertz CT molecular complexity index is 743. The predicted octanol–water partition coefficient (Wildman–Crippen LogP) is 3.08.